The topological polar surface area (TPSA) is 16.4 Å². The van der Waals surface area contributed by atoms with Gasteiger partial charge in [0.2, 0.25) is 0 Å². The molecule has 0 amide bonds. The number of anilines is 3. The molecular weight excluding hydrogens is 558 g/mol. The molecule has 0 fully saturated rings. The van der Waals surface area contributed by atoms with Gasteiger partial charge in [-0.1, -0.05) is 140 Å². The van der Waals surface area contributed by atoms with E-state index < -0.39 is 0 Å². The molecule has 0 aliphatic heterocycles. The highest BCUT2D eigenvalue weighted by Crippen LogP contribution is 2.47. The molecular formula is C44H29NO. The molecule has 1 heterocycles. The van der Waals surface area contributed by atoms with Gasteiger partial charge >= 0.3 is 0 Å². The van der Waals surface area contributed by atoms with E-state index in [0.717, 1.165) is 60.9 Å². The zero-order valence-corrected chi connectivity index (χ0v) is 25.1. The van der Waals surface area contributed by atoms with Crippen LogP contribution >= 0.6 is 0 Å². The highest BCUT2D eigenvalue weighted by atomic mass is 16.3. The predicted octanol–water partition coefficient (Wildman–Crippen LogP) is 12.7. The smallest absolute Gasteiger partial charge is 0.143 e. The minimum atomic E-state index is 0.898. The molecule has 0 saturated heterocycles. The van der Waals surface area contributed by atoms with E-state index in [1.165, 1.54) is 21.9 Å². The van der Waals surface area contributed by atoms with Gasteiger partial charge in [-0.15, -0.1) is 0 Å². The first-order valence-electron chi connectivity index (χ1n) is 15.7. The van der Waals surface area contributed by atoms with E-state index in [4.69, 9.17) is 4.42 Å². The highest BCUT2D eigenvalue weighted by Gasteiger charge is 2.22. The summed E-state index contributed by atoms with van der Waals surface area (Å²) in [7, 11) is 0. The summed E-state index contributed by atoms with van der Waals surface area (Å²) in [6, 6.07) is 62.7. The van der Waals surface area contributed by atoms with Crippen LogP contribution in [0.4, 0.5) is 17.1 Å². The number of hydrogen-bond donors (Lipinski definition) is 0. The van der Waals surface area contributed by atoms with Crippen LogP contribution in [0.2, 0.25) is 0 Å². The van der Waals surface area contributed by atoms with Crippen molar-refractivity contribution in [1.82, 2.24) is 0 Å². The van der Waals surface area contributed by atoms with Crippen LogP contribution in [0.15, 0.2) is 180 Å². The first-order chi connectivity index (χ1) is 22.8. The third kappa shape index (κ3) is 4.27. The minimum Gasteiger partial charge on any atom is -0.455 e. The van der Waals surface area contributed by atoms with Crippen molar-refractivity contribution in [2.45, 2.75) is 0 Å². The van der Waals surface area contributed by atoms with Crippen LogP contribution in [0.5, 0.6) is 0 Å². The fourth-order valence-electron chi connectivity index (χ4n) is 6.91. The van der Waals surface area contributed by atoms with Crippen molar-refractivity contribution in [2.75, 3.05) is 4.90 Å². The van der Waals surface area contributed by atoms with Crippen molar-refractivity contribution in [3.8, 4) is 22.3 Å². The predicted molar refractivity (Wildman–Crippen MR) is 194 cm³/mol. The molecule has 0 atom stereocenters. The van der Waals surface area contributed by atoms with E-state index in [1.807, 2.05) is 6.07 Å². The molecule has 0 radical (unpaired) electrons. The molecule has 0 bridgehead atoms. The van der Waals surface area contributed by atoms with Gasteiger partial charge in [0.15, 0.2) is 0 Å². The van der Waals surface area contributed by atoms with Crippen molar-refractivity contribution < 1.29 is 4.42 Å². The maximum absolute atomic E-state index is 6.60. The third-order valence-electron chi connectivity index (χ3n) is 9.05. The summed E-state index contributed by atoms with van der Waals surface area (Å²) in [5, 5.41) is 6.94. The molecule has 9 rings (SSSR count). The lowest BCUT2D eigenvalue weighted by Crippen LogP contribution is -2.11. The second-order valence-corrected chi connectivity index (χ2v) is 11.7. The van der Waals surface area contributed by atoms with E-state index in [0.29, 0.717) is 0 Å². The average molecular weight is 588 g/mol. The second kappa shape index (κ2) is 10.8. The fraction of sp³-hybridized carbons (Fsp3) is 0. The standard InChI is InChI=1S/C44H29NO/c1-2-13-30(14-3-1)31-25-27-34(28-26-31)45(40-23-12-17-32-15-4-6-18-35(32)40)41-22-10-8-20-37(41)39-29-33-16-5-7-19-36(33)44-43(39)38-21-9-11-24-42(38)46-44/h1-29H. The summed E-state index contributed by atoms with van der Waals surface area (Å²) < 4.78 is 6.60. The Morgan fingerprint density at radius 3 is 1.85 bits per heavy atom. The molecule has 0 saturated carbocycles. The number of benzene rings is 8. The molecule has 46 heavy (non-hydrogen) atoms. The lowest BCUT2D eigenvalue weighted by Gasteiger charge is -2.29. The second-order valence-electron chi connectivity index (χ2n) is 11.7. The maximum atomic E-state index is 6.60. The van der Waals surface area contributed by atoms with Gasteiger partial charge < -0.3 is 9.32 Å². The van der Waals surface area contributed by atoms with E-state index in [-0.39, 0.29) is 0 Å². The third-order valence-corrected chi connectivity index (χ3v) is 9.05. The fourth-order valence-corrected chi connectivity index (χ4v) is 6.91. The average Bonchev–Trinajstić information content (AvgIpc) is 3.53. The summed E-state index contributed by atoms with van der Waals surface area (Å²) in [6.45, 7) is 0. The molecule has 0 aliphatic rings. The Bertz CT molecular complexity index is 2520. The van der Waals surface area contributed by atoms with Crippen LogP contribution in [0.1, 0.15) is 0 Å². The van der Waals surface area contributed by atoms with Gasteiger partial charge in [-0.25, -0.2) is 0 Å². The normalized spacial score (nSPS) is 11.5. The maximum Gasteiger partial charge on any atom is 0.143 e. The number of rotatable bonds is 5. The van der Waals surface area contributed by atoms with Crippen molar-refractivity contribution >= 4 is 60.5 Å². The van der Waals surface area contributed by atoms with Crippen LogP contribution in [-0.2, 0) is 0 Å². The molecule has 0 aliphatic carbocycles. The van der Waals surface area contributed by atoms with Gasteiger partial charge in [0.1, 0.15) is 11.2 Å². The van der Waals surface area contributed by atoms with Gasteiger partial charge in [-0.3, -0.25) is 0 Å². The number of furan rings is 1. The summed E-state index contributed by atoms with van der Waals surface area (Å²) in [6.07, 6.45) is 0. The van der Waals surface area contributed by atoms with Crippen LogP contribution in [0.3, 0.4) is 0 Å². The Balaban J connectivity index is 1.34. The lowest BCUT2D eigenvalue weighted by molar-refractivity contribution is 0.673. The van der Waals surface area contributed by atoms with Crippen molar-refractivity contribution in [3.05, 3.63) is 176 Å². The van der Waals surface area contributed by atoms with Crippen molar-refractivity contribution in [3.63, 3.8) is 0 Å². The Morgan fingerprint density at radius 2 is 1.00 bits per heavy atom. The Kier molecular flexibility index (Phi) is 6.17. The van der Waals surface area contributed by atoms with E-state index >= 15 is 0 Å². The van der Waals surface area contributed by atoms with Gasteiger partial charge in [-0.2, -0.15) is 0 Å². The van der Waals surface area contributed by atoms with Gasteiger partial charge in [0, 0.05) is 32.8 Å². The van der Waals surface area contributed by atoms with Crippen LogP contribution in [0.25, 0.3) is 65.7 Å². The monoisotopic (exact) mass is 587 g/mol. The zero-order valence-electron chi connectivity index (χ0n) is 25.1. The summed E-state index contributed by atoms with van der Waals surface area (Å²) in [5.41, 5.74) is 9.85. The molecule has 1 aromatic heterocycles. The summed E-state index contributed by atoms with van der Waals surface area (Å²) >= 11 is 0. The zero-order chi connectivity index (χ0) is 30.5. The number of fused-ring (bicyclic) bond motifs is 6. The molecule has 9 aromatic rings. The number of nitrogens with zero attached hydrogens (tertiary/aromatic N) is 1. The van der Waals surface area contributed by atoms with Gasteiger partial charge in [-0.05, 0) is 63.9 Å². The molecule has 8 aromatic carbocycles. The quantitative estimate of drug-likeness (QED) is 0.199. The van der Waals surface area contributed by atoms with Crippen LogP contribution in [0, 0.1) is 0 Å². The van der Waals surface area contributed by atoms with E-state index in [2.05, 4.69) is 175 Å². The highest BCUT2D eigenvalue weighted by molar-refractivity contribution is 6.22. The summed E-state index contributed by atoms with van der Waals surface area (Å²) in [4.78, 5) is 2.41. The van der Waals surface area contributed by atoms with Gasteiger partial charge in [0.25, 0.3) is 0 Å². The first-order valence-corrected chi connectivity index (χ1v) is 15.7. The van der Waals surface area contributed by atoms with E-state index in [9.17, 15) is 0 Å². The molecule has 0 unspecified atom stereocenters. The molecule has 0 N–H and O–H groups in total. The van der Waals surface area contributed by atoms with Crippen LogP contribution < -0.4 is 4.90 Å². The molecule has 216 valence electrons. The van der Waals surface area contributed by atoms with Crippen molar-refractivity contribution in [2.24, 2.45) is 0 Å². The summed E-state index contributed by atoms with van der Waals surface area (Å²) in [5.74, 6) is 0. The van der Waals surface area contributed by atoms with Crippen LogP contribution in [-0.4, -0.2) is 0 Å². The molecule has 2 nitrogen and oxygen atoms in total. The van der Waals surface area contributed by atoms with Gasteiger partial charge in [0.05, 0.1) is 11.4 Å². The first kappa shape index (κ1) is 26.3. The number of hydrogen-bond acceptors (Lipinski definition) is 2. The molecule has 2 heteroatoms. The lowest BCUT2D eigenvalue weighted by atomic mass is 9.93. The Hall–Kier alpha value is -6.12. The van der Waals surface area contributed by atoms with Crippen molar-refractivity contribution in [1.29, 1.82) is 0 Å². The largest absolute Gasteiger partial charge is 0.455 e. The Labute approximate surface area is 267 Å². The minimum absolute atomic E-state index is 0.898. The van der Waals surface area contributed by atoms with E-state index in [1.54, 1.807) is 0 Å². The Morgan fingerprint density at radius 1 is 0.391 bits per heavy atom. The molecule has 0 spiro atoms. The SMILES string of the molecule is c1ccc(-c2ccc(N(c3ccccc3-c3cc4ccccc4c4oc5ccccc5c34)c3cccc4ccccc34)cc2)cc1. The number of para-hydroxylation sites is 2.